The molecule has 0 fully saturated rings. The molecule has 1 heterocycles. The number of fused-ring (bicyclic) bond motifs is 1. The Morgan fingerprint density at radius 2 is 1.52 bits per heavy atom. The van der Waals surface area contributed by atoms with Crippen molar-refractivity contribution in [2.75, 3.05) is 19.0 Å². The van der Waals surface area contributed by atoms with Crippen LogP contribution in [-0.2, 0) is 0 Å². The maximum Gasteiger partial charge on any atom is 0.290 e. The van der Waals surface area contributed by atoms with Crippen molar-refractivity contribution >= 4 is 28.3 Å². The molecule has 0 aliphatic rings. The van der Waals surface area contributed by atoms with Gasteiger partial charge in [0, 0.05) is 30.7 Å². The molecule has 0 saturated carbocycles. The van der Waals surface area contributed by atoms with E-state index in [2.05, 4.69) is 16.0 Å². The van der Waals surface area contributed by atoms with Crippen LogP contribution in [0.1, 0.15) is 40.7 Å². The lowest BCUT2D eigenvalue weighted by atomic mass is 10.1. The van der Waals surface area contributed by atoms with Gasteiger partial charge >= 0.3 is 0 Å². The van der Waals surface area contributed by atoms with E-state index < -0.39 is 11.8 Å². The van der Waals surface area contributed by atoms with Crippen LogP contribution in [-0.4, -0.2) is 35.7 Å². The first-order chi connectivity index (χ1) is 13.8. The van der Waals surface area contributed by atoms with E-state index in [-0.39, 0.29) is 17.3 Å². The normalized spacial score (nSPS) is 10.8. The second-order valence-electron chi connectivity index (χ2n) is 7.09. The highest BCUT2D eigenvalue weighted by atomic mass is 16.2. The summed E-state index contributed by atoms with van der Waals surface area (Å²) in [5.41, 5.74) is 5.94. The van der Waals surface area contributed by atoms with Gasteiger partial charge < -0.3 is 4.90 Å². The van der Waals surface area contributed by atoms with Crippen molar-refractivity contribution < 1.29 is 9.59 Å². The lowest BCUT2D eigenvalue weighted by Gasteiger charge is -2.14. The van der Waals surface area contributed by atoms with E-state index in [4.69, 9.17) is 0 Å². The molecule has 1 aromatic heterocycles. The second kappa shape index (κ2) is 8.14. The number of amides is 2. The van der Waals surface area contributed by atoms with Crippen LogP contribution >= 0.6 is 0 Å². The van der Waals surface area contributed by atoms with Crippen LogP contribution in [0, 0.1) is 0 Å². The molecule has 2 amide bonds. The maximum atomic E-state index is 12.7. The number of anilines is 1. The van der Waals surface area contributed by atoms with E-state index in [0.717, 1.165) is 5.69 Å². The Labute approximate surface area is 168 Å². The van der Waals surface area contributed by atoms with Gasteiger partial charge in [0.2, 0.25) is 0 Å². The molecule has 0 atom stereocenters. The Bertz CT molecular complexity index is 1120. The fraction of sp³-hybridized carbons (Fsp3) is 0.238. The van der Waals surface area contributed by atoms with Crippen molar-refractivity contribution in [3.63, 3.8) is 0 Å². The minimum Gasteiger partial charge on any atom is -0.378 e. The molecule has 3 aromatic rings. The van der Waals surface area contributed by atoms with Gasteiger partial charge in [0.1, 0.15) is 0 Å². The van der Waals surface area contributed by atoms with Crippen LogP contribution in [0.15, 0.2) is 53.3 Å². The van der Waals surface area contributed by atoms with Crippen LogP contribution in [0.3, 0.4) is 0 Å². The number of carbonyl (C=O) groups excluding carboxylic acids is 2. The van der Waals surface area contributed by atoms with E-state index in [0.29, 0.717) is 16.3 Å². The number of benzene rings is 2. The number of hydrogen-bond acceptors (Lipinski definition) is 5. The van der Waals surface area contributed by atoms with Crippen LogP contribution in [0.2, 0.25) is 0 Å². The lowest BCUT2D eigenvalue weighted by Crippen LogP contribution is -2.43. The fourth-order valence-corrected chi connectivity index (χ4v) is 2.88. The van der Waals surface area contributed by atoms with Crippen molar-refractivity contribution in [3.8, 4) is 0 Å². The molecule has 29 heavy (non-hydrogen) atoms. The molecule has 0 aliphatic carbocycles. The predicted octanol–water partition coefficient (Wildman–Crippen LogP) is 2.12. The number of rotatable bonds is 4. The Kier molecular flexibility index (Phi) is 5.63. The van der Waals surface area contributed by atoms with Gasteiger partial charge in [-0.3, -0.25) is 25.2 Å². The molecule has 0 aliphatic heterocycles. The highest BCUT2D eigenvalue weighted by Crippen LogP contribution is 2.15. The quantitative estimate of drug-likeness (QED) is 0.662. The molecule has 0 saturated heterocycles. The molecular weight excluding hydrogens is 370 g/mol. The zero-order valence-corrected chi connectivity index (χ0v) is 16.8. The zero-order valence-electron chi connectivity index (χ0n) is 16.8. The first kappa shape index (κ1) is 20.1. The van der Waals surface area contributed by atoms with E-state index in [1.165, 1.54) is 4.68 Å². The predicted molar refractivity (Wildman–Crippen MR) is 112 cm³/mol. The summed E-state index contributed by atoms with van der Waals surface area (Å²) in [7, 11) is 3.81. The lowest BCUT2D eigenvalue weighted by molar-refractivity contribution is 0.0843. The third-order valence-corrected chi connectivity index (χ3v) is 4.47. The maximum absolute atomic E-state index is 12.7. The van der Waals surface area contributed by atoms with E-state index in [9.17, 15) is 14.4 Å². The molecule has 2 aromatic carbocycles. The fourth-order valence-electron chi connectivity index (χ4n) is 2.88. The number of hydrazine groups is 1. The molecule has 0 spiro atoms. The highest BCUT2D eigenvalue weighted by Gasteiger charge is 2.18. The third-order valence-electron chi connectivity index (χ3n) is 4.47. The van der Waals surface area contributed by atoms with Crippen LogP contribution in [0.4, 0.5) is 5.69 Å². The Morgan fingerprint density at radius 1 is 0.931 bits per heavy atom. The Hall–Kier alpha value is -3.68. The highest BCUT2D eigenvalue weighted by molar-refractivity contribution is 6.06. The summed E-state index contributed by atoms with van der Waals surface area (Å²) in [6.45, 7) is 3.62. The zero-order chi connectivity index (χ0) is 21.1. The summed E-state index contributed by atoms with van der Waals surface area (Å²) in [5, 5.41) is 5.04. The number of nitrogens with one attached hydrogen (secondary N) is 2. The van der Waals surface area contributed by atoms with Crippen molar-refractivity contribution in [1.29, 1.82) is 0 Å². The first-order valence-electron chi connectivity index (χ1n) is 9.19. The molecule has 150 valence electrons. The van der Waals surface area contributed by atoms with Crippen molar-refractivity contribution in [1.82, 2.24) is 20.6 Å². The van der Waals surface area contributed by atoms with Gasteiger partial charge in [-0.1, -0.05) is 18.2 Å². The first-order valence-corrected chi connectivity index (χ1v) is 9.19. The SMILES string of the molecule is CC(C)n1nc(C(=O)NNC(=O)c2ccc(N(C)C)cc2)c2ccccc2c1=O. The van der Waals surface area contributed by atoms with Crippen molar-refractivity contribution in [2.24, 2.45) is 0 Å². The minimum absolute atomic E-state index is 0.0668. The summed E-state index contributed by atoms with van der Waals surface area (Å²) in [6, 6.07) is 13.5. The van der Waals surface area contributed by atoms with Crippen LogP contribution in [0.5, 0.6) is 0 Å². The minimum atomic E-state index is -0.603. The standard InChI is InChI=1S/C21H23N5O3/c1-13(2)26-21(29)17-8-6-5-7-16(17)18(24-26)20(28)23-22-19(27)14-9-11-15(12-10-14)25(3)4/h5-13H,1-4H3,(H,22,27)(H,23,28). The number of nitrogens with zero attached hydrogens (tertiary/aromatic N) is 3. The van der Waals surface area contributed by atoms with Gasteiger partial charge in [-0.2, -0.15) is 5.10 Å². The summed E-state index contributed by atoms with van der Waals surface area (Å²) >= 11 is 0. The molecule has 2 N–H and O–H groups in total. The largest absolute Gasteiger partial charge is 0.378 e. The second-order valence-corrected chi connectivity index (χ2v) is 7.09. The van der Waals surface area contributed by atoms with Gasteiger partial charge in [-0.15, -0.1) is 0 Å². The Balaban J connectivity index is 1.84. The topological polar surface area (TPSA) is 96.3 Å². The third kappa shape index (κ3) is 4.11. The molecule has 0 bridgehead atoms. The number of hydrogen-bond donors (Lipinski definition) is 2. The molecule has 0 unspecified atom stereocenters. The van der Waals surface area contributed by atoms with Crippen molar-refractivity contribution in [2.45, 2.75) is 19.9 Å². The van der Waals surface area contributed by atoms with Crippen LogP contribution < -0.4 is 21.3 Å². The average Bonchev–Trinajstić information content (AvgIpc) is 2.72. The summed E-state index contributed by atoms with van der Waals surface area (Å²) in [4.78, 5) is 39.5. The van der Waals surface area contributed by atoms with Crippen molar-refractivity contribution in [3.05, 3.63) is 70.1 Å². The number of carbonyl (C=O) groups is 2. The molecule has 8 heteroatoms. The van der Waals surface area contributed by atoms with Gasteiger partial charge in [0.05, 0.1) is 11.4 Å². The summed E-state index contributed by atoms with van der Waals surface area (Å²) < 4.78 is 1.26. The number of aromatic nitrogens is 2. The smallest absolute Gasteiger partial charge is 0.290 e. The van der Waals surface area contributed by atoms with Gasteiger partial charge in [0.25, 0.3) is 17.4 Å². The van der Waals surface area contributed by atoms with E-state index in [1.54, 1.807) is 36.4 Å². The molecular formula is C21H23N5O3. The molecule has 0 radical (unpaired) electrons. The van der Waals surface area contributed by atoms with Crippen LogP contribution in [0.25, 0.3) is 10.8 Å². The monoisotopic (exact) mass is 393 g/mol. The molecule has 3 rings (SSSR count). The average molecular weight is 393 g/mol. The summed E-state index contributed by atoms with van der Waals surface area (Å²) in [5.74, 6) is -1.06. The molecule has 8 nitrogen and oxygen atoms in total. The summed E-state index contributed by atoms with van der Waals surface area (Å²) in [6.07, 6.45) is 0. The van der Waals surface area contributed by atoms with Gasteiger partial charge in [0.15, 0.2) is 5.69 Å². The van der Waals surface area contributed by atoms with Gasteiger partial charge in [-0.05, 0) is 44.2 Å². The van der Waals surface area contributed by atoms with E-state index in [1.807, 2.05) is 45.0 Å². The Morgan fingerprint density at radius 3 is 2.10 bits per heavy atom. The van der Waals surface area contributed by atoms with E-state index >= 15 is 0 Å². The van der Waals surface area contributed by atoms with Gasteiger partial charge in [-0.25, -0.2) is 4.68 Å².